The van der Waals surface area contributed by atoms with E-state index in [0.717, 1.165) is 14.2 Å². The standard InChI is InChI=1S/C6H17NO7P3/c1-11-16(12-2)15(9)6(8,5-7)17(10,13-3)14-4/h8H,5,7H2,1-4H3/q+1. The van der Waals surface area contributed by atoms with Gasteiger partial charge >= 0.3 is 28.2 Å². The largest absolute Gasteiger partial charge is 0.466 e. The molecular weight excluding hydrogens is 291 g/mol. The summed E-state index contributed by atoms with van der Waals surface area (Å²) in [6, 6.07) is 0. The predicted molar refractivity (Wildman–Crippen MR) is 64.2 cm³/mol. The highest BCUT2D eigenvalue weighted by molar-refractivity contribution is 8.22. The fourth-order valence-electron chi connectivity index (χ4n) is 1.02. The van der Waals surface area contributed by atoms with E-state index in [2.05, 4.69) is 9.05 Å². The van der Waals surface area contributed by atoms with Crippen LogP contribution in [0.5, 0.6) is 0 Å². The van der Waals surface area contributed by atoms with E-state index in [4.69, 9.17) is 14.8 Å². The molecular formula is C6H17NO7P3+. The Bertz CT molecular complexity index is 302. The van der Waals surface area contributed by atoms with Crippen LogP contribution < -0.4 is 5.73 Å². The molecule has 0 saturated heterocycles. The SMILES string of the molecule is COP(OC)[P+](=O)C(O)(CN)P(=O)(OC)OC. The van der Waals surface area contributed by atoms with Crippen LogP contribution in [0, 0.1) is 0 Å². The lowest BCUT2D eigenvalue weighted by atomic mass is 10.7. The smallest absolute Gasteiger partial charge is 0.338 e. The van der Waals surface area contributed by atoms with Crippen LogP contribution in [0.3, 0.4) is 0 Å². The van der Waals surface area contributed by atoms with Crippen molar-refractivity contribution in [2.24, 2.45) is 5.73 Å². The molecule has 0 aromatic heterocycles. The van der Waals surface area contributed by atoms with Gasteiger partial charge in [-0.15, -0.1) is 0 Å². The molecule has 0 saturated carbocycles. The summed E-state index contributed by atoms with van der Waals surface area (Å²) in [7, 11) is -3.94. The first kappa shape index (κ1) is 17.5. The lowest BCUT2D eigenvalue weighted by Crippen LogP contribution is -2.34. The Kier molecular flexibility index (Phi) is 7.41. The fourth-order valence-corrected chi connectivity index (χ4v) is 7.73. The third-order valence-corrected chi connectivity index (χ3v) is 10.3. The predicted octanol–water partition coefficient (Wildman–Crippen LogP) is 1.42. The zero-order valence-corrected chi connectivity index (χ0v) is 12.7. The Hall–Kier alpha value is 0.520. The second-order valence-electron chi connectivity index (χ2n) is 2.72. The van der Waals surface area contributed by atoms with Crippen LogP contribution in [0.2, 0.25) is 0 Å². The van der Waals surface area contributed by atoms with Crippen molar-refractivity contribution < 1.29 is 32.3 Å². The first-order valence-corrected chi connectivity index (χ1v) is 9.05. The van der Waals surface area contributed by atoms with Crippen LogP contribution in [0.25, 0.3) is 0 Å². The van der Waals surface area contributed by atoms with Crippen molar-refractivity contribution in [1.29, 1.82) is 0 Å². The van der Waals surface area contributed by atoms with E-state index in [9.17, 15) is 14.2 Å². The Morgan fingerprint density at radius 3 is 1.94 bits per heavy atom. The van der Waals surface area contributed by atoms with E-state index in [1.54, 1.807) is 0 Å². The summed E-state index contributed by atoms with van der Waals surface area (Å²) in [5.74, 6) is 0. The maximum absolute atomic E-state index is 12.1. The third-order valence-electron chi connectivity index (χ3n) is 1.96. The quantitative estimate of drug-likeness (QED) is 0.646. The van der Waals surface area contributed by atoms with Crippen LogP contribution in [0.1, 0.15) is 0 Å². The van der Waals surface area contributed by atoms with Gasteiger partial charge in [-0.1, -0.05) is 4.57 Å². The zero-order valence-electron chi connectivity index (χ0n) is 10.0. The molecule has 0 spiro atoms. The van der Waals surface area contributed by atoms with Crippen molar-refractivity contribution in [3.05, 3.63) is 0 Å². The molecule has 0 aliphatic heterocycles. The van der Waals surface area contributed by atoms with Crippen LogP contribution in [-0.4, -0.2) is 45.2 Å². The van der Waals surface area contributed by atoms with Gasteiger partial charge in [-0.3, -0.25) is 13.6 Å². The molecule has 0 radical (unpaired) electrons. The second-order valence-corrected chi connectivity index (χ2v) is 10.1. The molecule has 102 valence electrons. The summed E-state index contributed by atoms with van der Waals surface area (Å²) < 4.78 is 43.1. The highest BCUT2D eigenvalue weighted by atomic mass is 32.1. The van der Waals surface area contributed by atoms with E-state index in [-0.39, 0.29) is 0 Å². The number of aliphatic hydroxyl groups is 1. The second kappa shape index (κ2) is 7.19. The van der Waals surface area contributed by atoms with Crippen molar-refractivity contribution in [2.75, 3.05) is 35.0 Å². The highest BCUT2D eigenvalue weighted by Crippen LogP contribution is 2.78. The number of hydrogen-bond acceptors (Lipinski definition) is 8. The first-order valence-electron chi connectivity index (χ1n) is 4.36. The van der Waals surface area contributed by atoms with Crippen molar-refractivity contribution in [3.8, 4) is 0 Å². The van der Waals surface area contributed by atoms with Gasteiger partial charge < -0.3 is 19.9 Å². The van der Waals surface area contributed by atoms with E-state index >= 15 is 0 Å². The number of nitrogens with two attached hydrogens (primary N) is 1. The van der Waals surface area contributed by atoms with Crippen molar-refractivity contribution in [3.63, 3.8) is 0 Å². The van der Waals surface area contributed by atoms with Gasteiger partial charge in [0.15, 0.2) is 0 Å². The van der Waals surface area contributed by atoms with Gasteiger partial charge in [0.1, 0.15) is 0 Å². The molecule has 0 fully saturated rings. The molecule has 0 rings (SSSR count). The topological polar surface area (TPSA) is 117 Å². The summed E-state index contributed by atoms with van der Waals surface area (Å²) in [5, 5.41) is 7.83. The minimum atomic E-state index is -4.04. The fraction of sp³-hybridized carbons (Fsp3) is 1.00. The van der Waals surface area contributed by atoms with Crippen molar-refractivity contribution >= 4 is 23.1 Å². The minimum Gasteiger partial charge on any atom is -0.338 e. The Morgan fingerprint density at radius 1 is 1.29 bits per heavy atom. The molecule has 0 aliphatic rings. The maximum Gasteiger partial charge on any atom is 0.466 e. The molecule has 0 bridgehead atoms. The van der Waals surface area contributed by atoms with Crippen molar-refractivity contribution in [2.45, 2.75) is 5.08 Å². The minimum absolute atomic E-state index is 0.577. The van der Waals surface area contributed by atoms with E-state index < -0.39 is 34.8 Å². The molecule has 0 aromatic carbocycles. The van der Waals surface area contributed by atoms with Crippen molar-refractivity contribution in [1.82, 2.24) is 0 Å². The molecule has 2 unspecified atom stereocenters. The lowest BCUT2D eigenvalue weighted by molar-refractivity contribution is 0.149. The molecule has 8 nitrogen and oxygen atoms in total. The average molecular weight is 308 g/mol. The highest BCUT2D eigenvalue weighted by Gasteiger charge is 2.68. The molecule has 0 aliphatic carbocycles. The van der Waals surface area contributed by atoms with Crippen LogP contribution in [0.15, 0.2) is 0 Å². The molecule has 0 aromatic rings. The van der Waals surface area contributed by atoms with Gasteiger partial charge in [-0.2, -0.15) is 0 Å². The Balaban J connectivity index is 5.42. The van der Waals surface area contributed by atoms with Gasteiger partial charge in [0.25, 0.3) is 0 Å². The van der Waals surface area contributed by atoms with E-state index in [1.807, 2.05) is 0 Å². The van der Waals surface area contributed by atoms with Crippen LogP contribution in [0.4, 0.5) is 0 Å². The third kappa shape index (κ3) is 3.29. The van der Waals surface area contributed by atoms with Gasteiger partial charge in [0.05, 0.1) is 6.54 Å². The summed E-state index contributed by atoms with van der Waals surface area (Å²) in [6.07, 6.45) is 0. The Labute approximate surface area is 102 Å². The average Bonchev–Trinajstić information content (AvgIpc) is 2.37. The summed E-state index contributed by atoms with van der Waals surface area (Å²) in [6.45, 7) is -0.577. The van der Waals surface area contributed by atoms with Gasteiger partial charge in [-0.05, 0) is 0 Å². The summed E-state index contributed by atoms with van der Waals surface area (Å²) >= 11 is 0. The van der Waals surface area contributed by atoms with Gasteiger partial charge in [-0.25, -0.2) is 0 Å². The van der Waals surface area contributed by atoms with Crippen LogP contribution >= 0.6 is 23.1 Å². The first-order chi connectivity index (χ1) is 7.86. The molecule has 0 heterocycles. The van der Waals surface area contributed by atoms with Gasteiger partial charge in [0.2, 0.25) is 0 Å². The summed E-state index contributed by atoms with van der Waals surface area (Å²) in [5.41, 5.74) is 5.33. The molecule has 0 amide bonds. The Morgan fingerprint density at radius 2 is 1.71 bits per heavy atom. The molecule has 3 N–H and O–H groups in total. The lowest BCUT2D eigenvalue weighted by Gasteiger charge is -2.23. The maximum atomic E-state index is 12.1. The number of hydrogen-bond donors (Lipinski definition) is 2. The van der Waals surface area contributed by atoms with Gasteiger partial charge in [0, 0.05) is 28.4 Å². The summed E-state index contributed by atoms with van der Waals surface area (Å²) in [4.78, 5) is 0. The molecule has 2 atom stereocenters. The van der Waals surface area contributed by atoms with E-state index in [1.165, 1.54) is 14.2 Å². The van der Waals surface area contributed by atoms with Crippen LogP contribution in [-0.2, 0) is 27.2 Å². The monoisotopic (exact) mass is 308 g/mol. The normalized spacial score (nSPS) is 17.0. The molecule has 17 heavy (non-hydrogen) atoms. The van der Waals surface area contributed by atoms with E-state index in [0.29, 0.717) is 0 Å². The molecule has 11 heteroatoms. The zero-order chi connectivity index (χ0) is 13.7. The number of rotatable bonds is 8.